The van der Waals surface area contributed by atoms with Gasteiger partial charge >= 0.3 is 0 Å². The van der Waals surface area contributed by atoms with E-state index in [4.69, 9.17) is 0 Å². The van der Waals surface area contributed by atoms with Gasteiger partial charge in [-0.05, 0) is 24.5 Å². The van der Waals surface area contributed by atoms with E-state index in [-0.39, 0.29) is 0 Å². The molecular formula is C16H23N3. The molecule has 0 aliphatic heterocycles. The molecule has 0 spiro atoms. The molecule has 0 saturated heterocycles. The van der Waals surface area contributed by atoms with Crippen LogP contribution in [0.3, 0.4) is 0 Å². The Morgan fingerprint density at radius 3 is 2.53 bits per heavy atom. The predicted octanol–water partition coefficient (Wildman–Crippen LogP) is 3.22. The quantitative estimate of drug-likeness (QED) is 0.861. The summed E-state index contributed by atoms with van der Waals surface area (Å²) in [7, 11) is 2.01. The van der Waals surface area contributed by atoms with E-state index in [1.165, 1.54) is 11.3 Å². The molecule has 102 valence electrons. The van der Waals surface area contributed by atoms with Crippen molar-refractivity contribution in [3.8, 4) is 0 Å². The van der Waals surface area contributed by atoms with Crippen LogP contribution < -0.4 is 5.32 Å². The maximum absolute atomic E-state index is 4.48. The van der Waals surface area contributed by atoms with Crippen LogP contribution >= 0.6 is 0 Å². The van der Waals surface area contributed by atoms with Crippen molar-refractivity contribution < 1.29 is 0 Å². The lowest BCUT2D eigenvalue weighted by Crippen LogP contribution is -2.21. The van der Waals surface area contributed by atoms with Crippen molar-refractivity contribution >= 4 is 0 Å². The Morgan fingerprint density at radius 1 is 1.21 bits per heavy atom. The summed E-state index contributed by atoms with van der Waals surface area (Å²) in [6.07, 6.45) is 2.08. The zero-order chi connectivity index (χ0) is 13.7. The van der Waals surface area contributed by atoms with Gasteiger partial charge in [0.25, 0.3) is 0 Å². The van der Waals surface area contributed by atoms with Crippen LogP contribution in [0.15, 0.2) is 36.4 Å². The lowest BCUT2D eigenvalue weighted by atomic mass is 10.0. The molecule has 1 aromatic heterocycles. The molecule has 1 atom stereocenters. The van der Waals surface area contributed by atoms with Gasteiger partial charge in [0.1, 0.15) is 0 Å². The number of nitrogens with zero attached hydrogens (tertiary/aromatic N) is 2. The first kappa shape index (κ1) is 13.8. The Hall–Kier alpha value is -1.61. The minimum atomic E-state index is 0.404. The topological polar surface area (TPSA) is 29.9 Å². The highest BCUT2D eigenvalue weighted by Gasteiger charge is 2.10. The molecule has 2 rings (SSSR count). The van der Waals surface area contributed by atoms with Gasteiger partial charge < -0.3 is 5.32 Å². The number of hydrogen-bond donors (Lipinski definition) is 1. The number of aromatic nitrogens is 2. The Kier molecular flexibility index (Phi) is 4.74. The van der Waals surface area contributed by atoms with Crippen molar-refractivity contribution in [1.29, 1.82) is 0 Å². The zero-order valence-electron chi connectivity index (χ0n) is 12.1. The van der Waals surface area contributed by atoms with Crippen LogP contribution in [0.25, 0.3) is 0 Å². The van der Waals surface area contributed by atoms with Crippen molar-refractivity contribution in [2.24, 2.45) is 7.05 Å². The monoisotopic (exact) mass is 257 g/mol. The first-order chi connectivity index (χ1) is 9.24. The van der Waals surface area contributed by atoms with Gasteiger partial charge in [-0.2, -0.15) is 5.10 Å². The molecule has 19 heavy (non-hydrogen) atoms. The van der Waals surface area contributed by atoms with E-state index in [1.54, 1.807) is 0 Å². The molecule has 0 aliphatic carbocycles. The summed E-state index contributed by atoms with van der Waals surface area (Å²) in [5.74, 6) is 0. The molecule has 1 aromatic carbocycles. The molecule has 0 fully saturated rings. The molecule has 0 radical (unpaired) electrons. The minimum Gasteiger partial charge on any atom is -0.304 e. The lowest BCUT2D eigenvalue weighted by Gasteiger charge is -2.17. The molecule has 2 aromatic rings. The fourth-order valence-corrected chi connectivity index (χ4v) is 2.32. The second-order valence-electron chi connectivity index (χ2n) is 4.86. The molecule has 1 N–H and O–H groups in total. The molecule has 1 heterocycles. The van der Waals surface area contributed by atoms with Gasteiger partial charge in [0.05, 0.1) is 11.4 Å². The standard InChI is InChI=1S/C16H23N3/c1-4-14-11-15(19(3)18-14)12-17-16(5-2)13-9-7-6-8-10-13/h6-11,16-17H,4-5,12H2,1-3H3. The minimum absolute atomic E-state index is 0.404. The van der Waals surface area contributed by atoms with Gasteiger partial charge in [-0.25, -0.2) is 0 Å². The third kappa shape index (κ3) is 3.44. The lowest BCUT2D eigenvalue weighted by molar-refractivity contribution is 0.503. The van der Waals surface area contributed by atoms with Crippen LogP contribution in [0.5, 0.6) is 0 Å². The molecule has 0 saturated carbocycles. The highest BCUT2D eigenvalue weighted by atomic mass is 15.3. The predicted molar refractivity (Wildman–Crippen MR) is 78.9 cm³/mol. The van der Waals surface area contributed by atoms with Gasteiger partial charge in [-0.1, -0.05) is 44.2 Å². The van der Waals surface area contributed by atoms with Crippen LogP contribution in [-0.2, 0) is 20.0 Å². The van der Waals surface area contributed by atoms with Gasteiger partial charge in [0, 0.05) is 19.6 Å². The van der Waals surface area contributed by atoms with E-state index in [9.17, 15) is 0 Å². The third-order valence-electron chi connectivity index (χ3n) is 3.53. The average molecular weight is 257 g/mol. The fraction of sp³-hybridized carbons (Fsp3) is 0.438. The number of aryl methyl sites for hydroxylation is 2. The van der Waals surface area contributed by atoms with E-state index in [0.717, 1.165) is 25.1 Å². The van der Waals surface area contributed by atoms with Gasteiger partial charge in [0.2, 0.25) is 0 Å². The number of nitrogens with one attached hydrogen (secondary N) is 1. The van der Waals surface area contributed by atoms with E-state index in [0.29, 0.717) is 6.04 Å². The molecule has 3 heteroatoms. The Morgan fingerprint density at radius 2 is 1.95 bits per heavy atom. The maximum atomic E-state index is 4.48. The van der Waals surface area contributed by atoms with Crippen LogP contribution in [0.1, 0.15) is 43.3 Å². The van der Waals surface area contributed by atoms with Crippen molar-refractivity contribution in [2.45, 2.75) is 39.3 Å². The Labute approximate surface area is 115 Å². The van der Waals surface area contributed by atoms with Gasteiger partial charge in [-0.15, -0.1) is 0 Å². The molecule has 1 unspecified atom stereocenters. The highest BCUT2D eigenvalue weighted by Crippen LogP contribution is 2.16. The summed E-state index contributed by atoms with van der Waals surface area (Å²) in [6, 6.07) is 13.2. The molecule has 3 nitrogen and oxygen atoms in total. The van der Waals surface area contributed by atoms with E-state index >= 15 is 0 Å². The summed E-state index contributed by atoms with van der Waals surface area (Å²) in [6.45, 7) is 5.21. The fourth-order valence-electron chi connectivity index (χ4n) is 2.32. The average Bonchev–Trinajstić information content (AvgIpc) is 2.81. The van der Waals surface area contributed by atoms with Crippen molar-refractivity contribution in [1.82, 2.24) is 15.1 Å². The Balaban J connectivity index is 2.02. The summed E-state index contributed by atoms with van der Waals surface area (Å²) >= 11 is 0. The first-order valence-corrected chi connectivity index (χ1v) is 7.04. The maximum Gasteiger partial charge on any atom is 0.0625 e. The van der Waals surface area contributed by atoms with Crippen LogP contribution in [0, 0.1) is 0 Å². The summed E-state index contributed by atoms with van der Waals surface area (Å²) in [5, 5.41) is 8.10. The van der Waals surface area contributed by atoms with Crippen LogP contribution in [0.4, 0.5) is 0 Å². The largest absolute Gasteiger partial charge is 0.304 e. The number of benzene rings is 1. The van der Waals surface area contributed by atoms with Crippen LogP contribution in [-0.4, -0.2) is 9.78 Å². The third-order valence-corrected chi connectivity index (χ3v) is 3.53. The SMILES string of the molecule is CCc1cc(CNC(CC)c2ccccc2)n(C)n1. The molecule has 0 amide bonds. The molecule has 0 bridgehead atoms. The smallest absolute Gasteiger partial charge is 0.0625 e. The van der Waals surface area contributed by atoms with Crippen LogP contribution in [0.2, 0.25) is 0 Å². The molecular weight excluding hydrogens is 234 g/mol. The van der Waals surface area contributed by atoms with E-state index in [1.807, 2.05) is 11.7 Å². The summed E-state index contributed by atoms with van der Waals surface area (Å²) in [4.78, 5) is 0. The van der Waals surface area contributed by atoms with E-state index < -0.39 is 0 Å². The summed E-state index contributed by atoms with van der Waals surface area (Å²) in [5.41, 5.74) is 3.75. The molecule has 0 aliphatic rings. The second kappa shape index (κ2) is 6.53. The second-order valence-corrected chi connectivity index (χ2v) is 4.86. The normalized spacial score (nSPS) is 12.6. The number of hydrogen-bond acceptors (Lipinski definition) is 2. The highest BCUT2D eigenvalue weighted by molar-refractivity contribution is 5.19. The van der Waals surface area contributed by atoms with Crippen molar-refractivity contribution in [2.75, 3.05) is 0 Å². The van der Waals surface area contributed by atoms with Crippen molar-refractivity contribution in [3.63, 3.8) is 0 Å². The first-order valence-electron chi connectivity index (χ1n) is 7.04. The van der Waals surface area contributed by atoms with Gasteiger partial charge in [0.15, 0.2) is 0 Å². The number of rotatable bonds is 6. The van der Waals surface area contributed by atoms with E-state index in [2.05, 4.69) is 60.7 Å². The van der Waals surface area contributed by atoms with Gasteiger partial charge in [-0.3, -0.25) is 4.68 Å². The Bertz CT molecular complexity index is 502. The zero-order valence-corrected chi connectivity index (χ0v) is 12.1. The summed E-state index contributed by atoms with van der Waals surface area (Å²) < 4.78 is 1.98. The van der Waals surface area contributed by atoms with Crippen molar-refractivity contribution in [3.05, 3.63) is 53.3 Å².